The molecule has 35 heavy (non-hydrogen) atoms. The van der Waals surface area contributed by atoms with E-state index in [1.54, 1.807) is 26.8 Å². The van der Waals surface area contributed by atoms with Crippen LogP contribution in [0.15, 0.2) is 23.0 Å². The molecular weight excluding hydrogens is 456 g/mol. The fourth-order valence-electron chi connectivity index (χ4n) is 9.05. The van der Waals surface area contributed by atoms with Crippen LogP contribution >= 0.6 is 0 Å². The molecule has 4 heterocycles. The van der Waals surface area contributed by atoms with E-state index in [2.05, 4.69) is 0 Å². The summed E-state index contributed by atoms with van der Waals surface area (Å²) < 4.78 is 23.0. The van der Waals surface area contributed by atoms with Crippen LogP contribution in [0, 0.1) is 28.1 Å². The topological polar surface area (TPSA) is 136 Å². The van der Waals surface area contributed by atoms with Crippen molar-refractivity contribution in [2.75, 3.05) is 0 Å². The van der Waals surface area contributed by atoms with Crippen LogP contribution in [0.2, 0.25) is 0 Å². The van der Waals surface area contributed by atoms with Gasteiger partial charge in [-0.3, -0.25) is 9.59 Å². The minimum Gasteiger partial charge on any atom is -0.472 e. The number of hydrogen-bond donors (Lipinski definition) is 2. The number of aliphatic hydroxyl groups is 2. The van der Waals surface area contributed by atoms with Gasteiger partial charge in [-0.1, -0.05) is 13.8 Å². The lowest BCUT2D eigenvalue weighted by molar-refractivity contribution is -0.257. The van der Waals surface area contributed by atoms with Crippen molar-refractivity contribution >= 4 is 17.7 Å². The number of furan rings is 1. The highest BCUT2D eigenvalue weighted by molar-refractivity contribution is 5.93. The molecule has 2 aliphatic carbocycles. The van der Waals surface area contributed by atoms with Crippen LogP contribution < -0.4 is 0 Å². The van der Waals surface area contributed by atoms with Crippen LogP contribution in [0.1, 0.15) is 65.5 Å². The lowest BCUT2D eigenvalue weighted by Crippen LogP contribution is -2.75. The average Bonchev–Trinajstić information content (AvgIpc) is 3.34. The number of ether oxygens (including phenoxy) is 3. The van der Waals surface area contributed by atoms with Crippen LogP contribution in [0.25, 0.3) is 0 Å². The number of aliphatic hydroxyl groups excluding tert-OH is 2. The maximum Gasteiger partial charge on any atom is 0.339 e. The summed E-state index contributed by atoms with van der Waals surface area (Å²) in [6.45, 7) is 9.01. The molecule has 0 bridgehead atoms. The quantitative estimate of drug-likeness (QED) is 0.450. The van der Waals surface area contributed by atoms with E-state index in [4.69, 9.17) is 18.6 Å². The Labute approximate surface area is 203 Å². The average molecular weight is 489 g/mol. The Balaban J connectivity index is 1.56. The molecule has 2 saturated carbocycles. The first kappa shape index (κ1) is 23.2. The number of rotatable bonds is 1. The zero-order chi connectivity index (χ0) is 25.3. The molecule has 0 unspecified atom stereocenters. The number of carbonyl (C=O) groups excluding carboxylic acids is 3. The molecule has 0 aromatic carbocycles. The molecule has 6 rings (SSSR count). The van der Waals surface area contributed by atoms with Crippen LogP contribution in [-0.2, 0) is 28.6 Å². The van der Waals surface area contributed by atoms with Gasteiger partial charge in [0.15, 0.2) is 6.10 Å². The van der Waals surface area contributed by atoms with E-state index in [9.17, 15) is 24.6 Å². The summed E-state index contributed by atoms with van der Waals surface area (Å²) in [5.74, 6) is -2.57. The van der Waals surface area contributed by atoms with Crippen molar-refractivity contribution in [2.45, 2.75) is 89.5 Å². The lowest BCUT2D eigenvalue weighted by atomic mass is 9.36. The second kappa shape index (κ2) is 6.55. The zero-order valence-electron chi connectivity index (χ0n) is 20.6. The molecule has 3 saturated heterocycles. The molecule has 1 aromatic heterocycles. The van der Waals surface area contributed by atoms with E-state index in [1.807, 2.05) is 13.8 Å². The summed E-state index contributed by atoms with van der Waals surface area (Å²) in [6, 6.07) is 1.71. The highest BCUT2D eigenvalue weighted by Gasteiger charge is 2.90. The summed E-state index contributed by atoms with van der Waals surface area (Å²) in [5, 5.41) is 23.3. The monoisotopic (exact) mass is 488 g/mol. The van der Waals surface area contributed by atoms with Crippen molar-refractivity contribution < 1.29 is 43.2 Å². The molecule has 5 fully saturated rings. The fourth-order valence-corrected chi connectivity index (χ4v) is 9.05. The van der Waals surface area contributed by atoms with Gasteiger partial charge < -0.3 is 28.8 Å². The van der Waals surface area contributed by atoms with Crippen molar-refractivity contribution in [3.05, 3.63) is 24.2 Å². The largest absolute Gasteiger partial charge is 0.472 e. The van der Waals surface area contributed by atoms with E-state index in [1.165, 1.54) is 12.5 Å². The summed E-state index contributed by atoms with van der Waals surface area (Å²) >= 11 is 0. The third kappa shape index (κ3) is 2.42. The molecule has 2 N–H and O–H groups in total. The Morgan fingerprint density at radius 3 is 2.37 bits per heavy atom. The van der Waals surface area contributed by atoms with Crippen LogP contribution in [0.5, 0.6) is 0 Å². The number of cyclic esters (lactones) is 2. The SMILES string of the molecule is CC1(C)OC(=O)C[C@@H](O)[C@@]2(C)[C@@H]1CC(=O)[C@@]1(C)[C@H]2[C@@H](O)C[C@@]2(C)[C@@H](c3ccoc3)OC(=O)[C@@H]3O[C@]321. The second-order valence-corrected chi connectivity index (χ2v) is 12.3. The Bertz CT molecular complexity index is 1130. The lowest BCUT2D eigenvalue weighted by Gasteiger charge is -2.67. The number of epoxide rings is 1. The second-order valence-electron chi connectivity index (χ2n) is 12.3. The van der Waals surface area contributed by atoms with Gasteiger partial charge >= 0.3 is 11.9 Å². The van der Waals surface area contributed by atoms with E-state index in [0.29, 0.717) is 5.56 Å². The number of ketones is 1. The first-order valence-electron chi connectivity index (χ1n) is 12.3. The summed E-state index contributed by atoms with van der Waals surface area (Å²) in [5.41, 5.74) is -4.94. The molecule has 0 radical (unpaired) electrons. The smallest absolute Gasteiger partial charge is 0.339 e. The fraction of sp³-hybridized carbons (Fsp3) is 0.731. The molecule has 10 atom stereocenters. The van der Waals surface area contributed by atoms with E-state index in [-0.39, 0.29) is 25.0 Å². The Morgan fingerprint density at radius 1 is 1.00 bits per heavy atom. The van der Waals surface area contributed by atoms with E-state index in [0.717, 1.165) is 0 Å². The molecule has 5 aliphatic rings. The highest BCUT2D eigenvalue weighted by Crippen LogP contribution is 2.78. The van der Waals surface area contributed by atoms with Crippen molar-refractivity contribution in [1.82, 2.24) is 0 Å². The number of hydrogen-bond acceptors (Lipinski definition) is 9. The minimum absolute atomic E-state index is 0.0207. The third-order valence-electron chi connectivity index (χ3n) is 10.4. The van der Waals surface area contributed by atoms with Gasteiger partial charge in [-0.05, 0) is 33.3 Å². The Morgan fingerprint density at radius 2 is 1.71 bits per heavy atom. The van der Waals surface area contributed by atoms with Crippen molar-refractivity contribution in [3.63, 3.8) is 0 Å². The molecule has 1 spiro atoms. The first-order chi connectivity index (χ1) is 16.2. The molecule has 9 nitrogen and oxygen atoms in total. The van der Waals surface area contributed by atoms with Gasteiger partial charge in [-0.2, -0.15) is 0 Å². The van der Waals surface area contributed by atoms with E-state index < -0.39 is 75.6 Å². The van der Waals surface area contributed by atoms with Gasteiger partial charge in [-0.25, -0.2) is 4.79 Å². The van der Waals surface area contributed by atoms with Gasteiger partial charge in [0.05, 0.1) is 36.6 Å². The predicted octanol–water partition coefficient (Wildman–Crippen LogP) is 2.09. The molecular formula is C26H32O9. The van der Waals surface area contributed by atoms with Crippen LogP contribution in [0.3, 0.4) is 0 Å². The van der Waals surface area contributed by atoms with Crippen molar-refractivity contribution in [1.29, 1.82) is 0 Å². The number of carbonyl (C=O) groups is 3. The molecule has 9 heteroatoms. The van der Waals surface area contributed by atoms with E-state index >= 15 is 0 Å². The first-order valence-corrected chi connectivity index (χ1v) is 12.3. The van der Waals surface area contributed by atoms with Crippen molar-refractivity contribution in [3.8, 4) is 0 Å². The summed E-state index contributed by atoms with van der Waals surface area (Å²) in [6.07, 6.45) is -0.973. The maximum absolute atomic E-state index is 14.2. The van der Waals surface area contributed by atoms with Crippen LogP contribution in [-0.4, -0.2) is 57.4 Å². The predicted molar refractivity (Wildman–Crippen MR) is 117 cm³/mol. The van der Waals surface area contributed by atoms with Gasteiger partial charge in [-0.15, -0.1) is 0 Å². The number of fused-ring (bicyclic) bond motifs is 3. The minimum atomic E-state index is -1.32. The van der Waals surface area contributed by atoms with Crippen molar-refractivity contribution in [2.24, 2.45) is 28.1 Å². The standard InChI is InChI=1S/C26H32O9/c1-22(2)14-8-16(29)25(5)18(24(14,4)15(28)9-17(30)34-22)13(27)10-23(3)19(12-6-7-32-11-12)33-21(31)20-26(23,25)35-20/h6-7,11,13-15,18-20,27-28H,8-10H2,1-5H3/t13-,14+,15+,18-,19+,20-,23-,24+,25-,26+/m0/s1. The Hall–Kier alpha value is -2.23. The number of esters is 2. The maximum atomic E-state index is 14.2. The molecule has 0 amide bonds. The molecule has 1 aromatic rings. The van der Waals surface area contributed by atoms with Gasteiger partial charge in [0.25, 0.3) is 0 Å². The summed E-state index contributed by atoms with van der Waals surface area (Å²) in [7, 11) is 0. The normalized spacial score (nSPS) is 52.1. The highest BCUT2D eigenvalue weighted by atomic mass is 16.7. The van der Waals surface area contributed by atoms with Gasteiger partial charge in [0, 0.05) is 34.7 Å². The van der Waals surface area contributed by atoms with Crippen LogP contribution in [0.4, 0.5) is 0 Å². The molecule has 190 valence electrons. The third-order valence-corrected chi connectivity index (χ3v) is 10.4. The number of Topliss-reactive ketones (excluding diaryl/α,β-unsaturated/α-hetero) is 1. The molecule has 3 aliphatic heterocycles. The summed E-state index contributed by atoms with van der Waals surface area (Å²) in [4.78, 5) is 39.9. The zero-order valence-corrected chi connectivity index (χ0v) is 20.6. The Kier molecular flexibility index (Phi) is 4.34. The van der Waals surface area contributed by atoms with Gasteiger partial charge in [0.2, 0.25) is 0 Å². The van der Waals surface area contributed by atoms with Gasteiger partial charge in [0.1, 0.15) is 23.1 Å².